The van der Waals surface area contributed by atoms with Crippen molar-refractivity contribution >= 4 is 11.8 Å². The lowest BCUT2D eigenvalue weighted by molar-refractivity contribution is -0.508. The Hall–Kier alpha value is -2.79. The maximum Gasteiger partial charge on any atom is 0.291 e. The average Bonchev–Trinajstić information content (AvgIpc) is 2.71. The summed E-state index contributed by atoms with van der Waals surface area (Å²) in [6.45, 7) is 0. The van der Waals surface area contributed by atoms with Crippen LogP contribution in [0.2, 0.25) is 0 Å². The first-order valence-corrected chi connectivity index (χ1v) is 7.94. The molecular formula is C14H12N4O6S. The molecule has 1 atom stereocenters. The van der Waals surface area contributed by atoms with Gasteiger partial charge in [0.1, 0.15) is 0 Å². The molecule has 1 spiro atoms. The standard InChI is InChI=1S/C14H12N4O6S/c1-15-10-5-3-2-4-6-11(10)25-14(15)12(17(21)22)7-9(16(19)20)8-13(14)18(23)24/h2-10H,1H3. The van der Waals surface area contributed by atoms with Crippen LogP contribution in [0.3, 0.4) is 0 Å². The van der Waals surface area contributed by atoms with Gasteiger partial charge in [0.15, 0.2) is 0 Å². The molecule has 0 amide bonds. The molecule has 1 saturated heterocycles. The number of allylic oxidation sites excluding steroid dienone is 4. The van der Waals surface area contributed by atoms with Gasteiger partial charge in [-0.05, 0) is 7.05 Å². The van der Waals surface area contributed by atoms with Crippen molar-refractivity contribution in [3.05, 3.63) is 89.2 Å². The van der Waals surface area contributed by atoms with E-state index in [9.17, 15) is 30.3 Å². The normalized spacial score (nSPS) is 31.0. The first kappa shape index (κ1) is 17.0. The SMILES string of the molecule is CN1C2C=CC=CC=C2SC12C([N+](=O)[O-])=CC([N+](=O)[O-])C=C2[N+](=O)[O-]. The van der Waals surface area contributed by atoms with E-state index in [4.69, 9.17) is 0 Å². The summed E-state index contributed by atoms with van der Waals surface area (Å²) in [7, 11) is 1.54. The highest BCUT2D eigenvalue weighted by molar-refractivity contribution is 8.05. The molecule has 0 N–H and O–H groups in total. The Morgan fingerprint density at radius 1 is 1.04 bits per heavy atom. The summed E-state index contributed by atoms with van der Waals surface area (Å²) in [5, 5.41) is 34.4. The summed E-state index contributed by atoms with van der Waals surface area (Å²) in [5.41, 5.74) is -1.13. The fourth-order valence-electron chi connectivity index (χ4n) is 3.12. The van der Waals surface area contributed by atoms with Crippen molar-refractivity contribution < 1.29 is 14.8 Å². The molecule has 3 aliphatic rings. The molecule has 2 aliphatic carbocycles. The molecule has 0 aromatic rings. The van der Waals surface area contributed by atoms with E-state index < -0.39 is 43.1 Å². The Balaban J connectivity index is 2.24. The molecule has 1 fully saturated rings. The Morgan fingerprint density at radius 3 is 2.16 bits per heavy atom. The van der Waals surface area contributed by atoms with Crippen LogP contribution in [0.15, 0.2) is 58.8 Å². The van der Waals surface area contributed by atoms with Crippen LogP contribution in [0.1, 0.15) is 0 Å². The molecule has 3 rings (SSSR count). The van der Waals surface area contributed by atoms with Crippen molar-refractivity contribution in [1.82, 2.24) is 4.90 Å². The van der Waals surface area contributed by atoms with Crippen LogP contribution in [-0.2, 0) is 0 Å². The number of likely N-dealkylation sites (N-methyl/N-ethyl adjacent to an activating group) is 1. The smallest absolute Gasteiger partial charge is 0.264 e. The van der Waals surface area contributed by atoms with E-state index in [-0.39, 0.29) is 0 Å². The van der Waals surface area contributed by atoms with Gasteiger partial charge < -0.3 is 0 Å². The van der Waals surface area contributed by atoms with Gasteiger partial charge in [-0.15, -0.1) is 0 Å². The summed E-state index contributed by atoms with van der Waals surface area (Å²) in [6.07, 6.45) is 10.5. The molecule has 0 radical (unpaired) electrons. The predicted octanol–water partition coefficient (Wildman–Crippen LogP) is 1.72. The molecule has 0 aromatic heterocycles. The quantitative estimate of drug-likeness (QED) is 0.546. The molecule has 0 saturated carbocycles. The molecule has 1 heterocycles. The van der Waals surface area contributed by atoms with E-state index in [1.807, 2.05) is 0 Å². The minimum atomic E-state index is -1.73. The molecule has 1 unspecified atom stereocenters. The monoisotopic (exact) mass is 364 g/mol. The number of nitro groups is 3. The van der Waals surface area contributed by atoms with Crippen LogP contribution < -0.4 is 0 Å². The number of hydrogen-bond acceptors (Lipinski definition) is 8. The second-order valence-electron chi connectivity index (χ2n) is 5.53. The lowest BCUT2D eigenvalue weighted by Crippen LogP contribution is -2.51. The number of nitrogens with zero attached hydrogens (tertiary/aromatic N) is 4. The highest BCUT2D eigenvalue weighted by atomic mass is 32.2. The van der Waals surface area contributed by atoms with Gasteiger partial charge in [-0.25, -0.2) is 0 Å². The van der Waals surface area contributed by atoms with E-state index >= 15 is 0 Å². The van der Waals surface area contributed by atoms with Gasteiger partial charge in [0, 0.05) is 9.83 Å². The van der Waals surface area contributed by atoms with Crippen molar-refractivity contribution in [2.75, 3.05) is 7.05 Å². The Labute approximate surface area is 145 Å². The molecule has 25 heavy (non-hydrogen) atoms. The summed E-state index contributed by atoms with van der Waals surface area (Å²) in [5.74, 6) is 0. The third-order valence-electron chi connectivity index (χ3n) is 4.24. The van der Waals surface area contributed by atoms with Gasteiger partial charge >= 0.3 is 0 Å². The summed E-state index contributed by atoms with van der Waals surface area (Å²) < 4.78 is 0. The zero-order valence-corrected chi connectivity index (χ0v) is 13.7. The third-order valence-corrected chi connectivity index (χ3v) is 5.85. The summed E-state index contributed by atoms with van der Waals surface area (Å²) in [4.78, 5) is 32.5. The highest BCUT2D eigenvalue weighted by Crippen LogP contribution is 2.56. The number of fused-ring (bicyclic) bond motifs is 1. The van der Waals surface area contributed by atoms with Crippen LogP contribution in [0.25, 0.3) is 0 Å². The fourth-order valence-corrected chi connectivity index (χ4v) is 4.71. The number of thioether (sulfide) groups is 1. The van der Waals surface area contributed by atoms with Gasteiger partial charge in [-0.3, -0.25) is 35.2 Å². The van der Waals surface area contributed by atoms with E-state index in [2.05, 4.69) is 0 Å². The second-order valence-corrected chi connectivity index (χ2v) is 6.80. The minimum absolute atomic E-state index is 0.404. The number of rotatable bonds is 3. The van der Waals surface area contributed by atoms with Crippen LogP contribution in [0, 0.1) is 30.3 Å². The van der Waals surface area contributed by atoms with Crippen LogP contribution >= 0.6 is 11.8 Å². The zero-order valence-electron chi connectivity index (χ0n) is 12.8. The Morgan fingerprint density at radius 2 is 1.64 bits per heavy atom. The van der Waals surface area contributed by atoms with Crippen molar-refractivity contribution in [2.45, 2.75) is 17.0 Å². The van der Waals surface area contributed by atoms with E-state index in [0.717, 1.165) is 23.9 Å². The van der Waals surface area contributed by atoms with Gasteiger partial charge in [0.05, 0.1) is 28.0 Å². The predicted molar refractivity (Wildman–Crippen MR) is 89.2 cm³/mol. The molecule has 1 aliphatic heterocycles. The van der Waals surface area contributed by atoms with Gasteiger partial charge in [-0.1, -0.05) is 42.1 Å². The van der Waals surface area contributed by atoms with Gasteiger partial charge in [-0.2, -0.15) is 0 Å². The maximum absolute atomic E-state index is 11.6. The molecule has 11 heteroatoms. The zero-order chi connectivity index (χ0) is 18.4. The molecule has 10 nitrogen and oxygen atoms in total. The topological polar surface area (TPSA) is 133 Å². The first-order valence-electron chi connectivity index (χ1n) is 7.13. The van der Waals surface area contributed by atoms with Crippen LogP contribution in [0.5, 0.6) is 0 Å². The summed E-state index contributed by atoms with van der Waals surface area (Å²) >= 11 is 0.968. The molecule has 0 bridgehead atoms. The van der Waals surface area contributed by atoms with Crippen molar-refractivity contribution in [2.24, 2.45) is 0 Å². The van der Waals surface area contributed by atoms with Gasteiger partial charge in [0.25, 0.3) is 22.3 Å². The lowest BCUT2D eigenvalue weighted by Gasteiger charge is -2.32. The maximum atomic E-state index is 11.6. The Kier molecular flexibility index (Phi) is 4.05. The van der Waals surface area contributed by atoms with Gasteiger partial charge in [0.2, 0.25) is 0 Å². The van der Waals surface area contributed by atoms with Crippen molar-refractivity contribution in [3.8, 4) is 0 Å². The number of hydrogen-bond donors (Lipinski definition) is 0. The molecular weight excluding hydrogens is 352 g/mol. The third kappa shape index (κ3) is 2.48. The highest BCUT2D eigenvalue weighted by Gasteiger charge is 2.65. The van der Waals surface area contributed by atoms with E-state index in [1.54, 1.807) is 30.4 Å². The molecule has 130 valence electrons. The summed E-state index contributed by atoms with van der Waals surface area (Å²) in [6, 6.07) is -2.02. The van der Waals surface area contributed by atoms with E-state index in [1.165, 1.54) is 11.9 Å². The molecule has 0 aromatic carbocycles. The van der Waals surface area contributed by atoms with Crippen LogP contribution in [-0.4, -0.2) is 43.7 Å². The first-order chi connectivity index (χ1) is 11.8. The van der Waals surface area contributed by atoms with E-state index in [0.29, 0.717) is 4.91 Å². The minimum Gasteiger partial charge on any atom is -0.264 e. The Bertz CT molecular complexity index is 795. The van der Waals surface area contributed by atoms with Crippen molar-refractivity contribution in [3.63, 3.8) is 0 Å². The van der Waals surface area contributed by atoms with Crippen LogP contribution in [0.4, 0.5) is 0 Å². The second kappa shape index (κ2) is 5.93. The lowest BCUT2D eigenvalue weighted by atomic mass is 9.97. The largest absolute Gasteiger partial charge is 0.291 e. The fraction of sp³-hybridized carbons (Fsp3) is 0.286. The average molecular weight is 364 g/mol. The van der Waals surface area contributed by atoms with Crippen molar-refractivity contribution in [1.29, 1.82) is 0 Å².